The number of piperazine rings is 1. The van der Waals surface area contributed by atoms with Gasteiger partial charge in [-0.05, 0) is 18.7 Å². The molecule has 2 rings (SSSR count). The normalized spacial score (nSPS) is 18.1. The lowest BCUT2D eigenvalue weighted by atomic mass is 9.96. The quantitative estimate of drug-likeness (QED) is 0.646. The molecule has 1 heterocycles. The Morgan fingerprint density at radius 1 is 1.07 bits per heavy atom. The Labute approximate surface area is 93.3 Å². The zero-order chi connectivity index (χ0) is 10.7. The second-order valence-electron chi connectivity index (χ2n) is 4.01. The van der Waals surface area contributed by atoms with Gasteiger partial charge in [-0.1, -0.05) is 24.5 Å². The van der Waals surface area contributed by atoms with Crippen molar-refractivity contribution < 1.29 is 0 Å². The van der Waals surface area contributed by atoms with E-state index in [1.807, 2.05) is 12.1 Å². The number of hydrogen-bond donors (Lipinski definition) is 0. The highest BCUT2D eigenvalue weighted by atomic mass is 15.3. The highest BCUT2D eigenvalue weighted by Crippen LogP contribution is 2.14. The zero-order valence-corrected chi connectivity index (χ0v) is 9.32. The van der Waals surface area contributed by atoms with Gasteiger partial charge in [0.2, 0.25) is 0 Å². The van der Waals surface area contributed by atoms with Crippen LogP contribution in [-0.4, -0.2) is 45.5 Å². The summed E-state index contributed by atoms with van der Waals surface area (Å²) in [5.41, 5.74) is 2.13. The van der Waals surface area contributed by atoms with Gasteiger partial charge in [0.25, 0.3) is 0 Å². The topological polar surface area (TPSA) is 6.48 Å². The van der Waals surface area contributed by atoms with Crippen LogP contribution in [0.4, 0.5) is 5.69 Å². The van der Waals surface area contributed by atoms with E-state index in [0.717, 1.165) is 25.1 Å². The second kappa shape index (κ2) is 4.71. The van der Waals surface area contributed by atoms with E-state index in [0.29, 0.717) is 0 Å². The van der Waals surface area contributed by atoms with Gasteiger partial charge in [-0.2, -0.15) is 0 Å². The van der Waals surface area contributed by atoms with Crippen LogP contribution in [0.15, 0.2) is 24.3 Å². The number of benzene rings is 1. The zero-order valence-electron chi connectivity index (χ0n) is 9.32. The standard InChI is InChI=1S/C12H17BN2/c1-2-14-7-9-15(10-8-14)12-5-3-11(13)4-6-12/h3-6H,2,7-10H2,1H3. The van der Waals surface area contributed by atoms with E-state index in [4.69, 9.17) is 7.85 Å². The van der Waals surface area contributed by atoms with Gasteiger partial charge in [0.15, 0.2) is 0 Å². The molecule has 0 unspecified atom stereocenters. The molecule has 1 aromatic carbocycles. The highest BCUT2D eigenvalue weighted by molar-refractivity contribution is 6.32. The van der Waals surface area contributed by atoms with E-state index in [1.54, 1.807) is 0 Å². The van der Waals surface area contributed by atoms with E-state index in [-0.39, 0.29) is 0 Å². The Kier molecular flexibility index (Phi) is 3.32. The van der Waals surface area contributed by atoms with Crippen molar-refractivity contribution in [1.82, 2.24) is 4.90 Å². The Balaban J connectivity index is 1.98. The molecule has 0 bridgehead atoms. The lowest BCUT2D eigenvalue weighted by Gasteiger charge is -2.35. The summed E-state index contributed by atoms with van der Waals surface area (Å²) in [6.45, 7) is 7.96. The van der Waals surface area contributed by atoms with Crippen molar-refractivity contribution in [1.29, 1.82) is 0 Å². The molecule has 0 N–H and O–H groups in total. The first-order chi connectivity index (χ1) is 7.29. The van der Waals surface area contributed by atoms with Crippen LogP contribution in [0, 0.1) is 0 Å². The lowest BCUT2D eigenvalue weighted by Crippen LogP contribution is -2.46. The van der Waals surface area contributed by atoms with Crippen LogP contribution in [0.1, 0.15) is 6.92 Å². The lowest BCUT2D eigenvalue weighted by molar-refractivity contribution is 0.271. The molecule has 1 aromatic rings. The highest BCUT2D eigenvalue weighted by Gasteiger charge is 2.15. The van der Waals surface area contributed by atoms with Crippen molar-refractivity contribution in [3.63, 3.8) is 0 Å². The predicted octanol–water partition coefficient (Wildman–Crippen LogP) is 0.622. The summed E-state index contributed by atoms with van der Waals surface area (Å²) >= 11 is 0. The fraction of sp³-hybridized carbons (Fsp3) is 0.500. The summed E-state index contributed by atoms with van der Waals surface area (Å²) in [6, 6.07) is 8.16. The monoisotopic (exact) mass is 200 g/mol. The predicted molar refractivity (Wildman–Crippen MR) is 66.2 cm³/mol. The first-order valence-electron chi connectivity index (χ1n) is 5.62. The number of hydrogen-bond acceptors (Lipinski definition) is 2. The maximum Gasteiger partial charge on any atom is 0.113 e. The summed E-state index contributed by atoms with van der Waals surface area (Å²) in [5.74, 6) is 0. The number of nitrogens with zero attached hydrogens (tertiary/aromatic N) is 2. The Morgan fingerprint density at radius 3 is 2.20 bits per heavy atom. The molecule has 2 nitrogen and oxygen atoms in total. The minimum absolute atomic E-state index is 0.839. The van der Waals surface area contributed by atoms with Crippen molar-refractivity contribution in [3.05, 3.63) is 24.3 Å². The molecule has 0 atom stereocenters. The maximum absolute atomic E-state index is 5.67. The molecule has 1 fully saturated rings. The minimum atomic E-state index is 0.839. The van der Waals surface area contributed by atoms with Crippen molar-refractivity contribution in [3.8, 4) is 0 Å². The van der Waals surface area contributed by atoms with Gasteiger partial charge < -0.3 is 9.80 Å². The van der Waals surface area contributed by atoms with Gasteiger partial charge in [0.05, 0.1) is 0 Å². The summed E-state index contributed by atoms with van der Waals surface area (Å²) in [7, 11) is 5.67. The Bertz CT molecular complexity index is 302. The van der Waals surface area contributed by atoms with Gasteiger partial charge in [0.1, 0.15) is 7.85 Å². The third kappa shape index (κ3) is 2.54. The van der Waals surface area contributed by atoms with Crippen molar-refractivity contribution in [2.24, 2.45) is 0 Å². The molecule has 78 valence electrons. The van der Waals surface area contributed by atoms with Crippen LogP contribution in [-0.2, 0) is 0 Å². The van der Waals surface area contributed by atoms with E-state index >= 15 is 0 Å². The minimum Gasteiger partial charge on any atom is -0.369 e. The third-order valence-corrected chi connectivity index (χ3v) is 3.08. The molecule has 2 radical (unpaired) electrons. The first kappa shape index (κ1) is 10.6. The van der Waals surface area contributed by atoms with Crippen LogP contribution in [0.3, 0.4) is 0 Å². The van der Waals surface area contributed by atoms with Gasteiger partial charge >= 0.3 is 0 Å². The fourth-order valence-electron chi connectivity index (χ4n) is 2.01. The molecule has 0 aliphatic carbocycles. The van der Waals surface area contributed by atoms with Gasteiger partial charge in [-0.15, -0.1) is 0 Å². The summed E-state index contributed by atoms with van der Waals surface area (Å²) in [6.07, 6.45) is 0. The van der Waals surface area contributed by atoms with Gasteiger partial charge in [-0.3, -0.25) is 0 Å². The van der Waals surface area contributed by atoms with Crippen molar-refractivity contribution >= 4 is 19.0 Å². The molecule has 1 aliphatic rings. The smallest absolute Gasteiger partial charge is 0.113 e. The number of rotatable bonds is 2. The van der Waals surface area contributed by atoms with E-state index in [9.17, 15) is 0 Å². The molecule has 1 saturated heterocycles. The molecular formula is C12H17BN2. The molecule has 3 heteroatoms. The second-order valence-corrected chi connectivity index (χ2v) is 4.01. The summed E-state index contributed by atoms with van der Waals surface area (Å²) in [4.78, 5) is 4.90. The first-order valence-corrected chi connectivity index (χ1v) is 5.62. The fourth-order valence-corrected chi connectivity index (χ4v) is 2.01. The van der Waals surface area contributed by atoms with Crippen LogP contribution < -0.4 is 10.4 Å². The van der Waals surface area contributed by atoms with Crippen LogP contribution in [0.5, 0.6) is 0 Å². The maximum atomic E-state index is 5.67. The van der Waals surface area contributed by atoms with Gasteiger partial charge in [-0.25, -0.2) is 0 Å². The SMILES string of the molecule is [B]c1ccc(N2CCN(CC)CC2)cc1. The largest absolute Gasteiger partial charge is 0.369 e. The molecule has 0 saturated carbocycles. The average Bonchev–Trinajstić information content (AvgIpc) is 2.30. The average molecular weight is 200 g/mol. The molecule has 1 aliphatic heterocycles. The Hall–Kier alpha value is -0.955. The van der Waals surface area contributed by atoms with E-state index in [2.05, 4.69) is 28.9 Å². The molecule has 0 amide bonds. The van der Waals surface area contributed by atoms with E-state index < -0.39 is 0 Å². The number of likely N-dealkylation sites (N-methyl/N-ethyl adjacent to an activating group) is 1. The molecule has 0 spiro atoms. The van der Waals surface area contributed by atoms with E-state index in [1.165, 1.54) is 18.8 Å². The van der Waals surface area contributed by atoms with Crippen molar-refractivity contribution in [2.45, 2.75) is 6.92 Å². The molecular weight excluding hydrogens is 183 g/mol. The Morgan fingerprint density at radius 2 is 1.67 bits per heavy atom. The summed E-state index contributed by atoms with van der Waals surface area (Å²) in [5, 5.41) is 0. The van der Waals surface area contributed by atoms with Crippen molar-refractivity contribution in [2.75, 3.05) is 37.6 Å². The van der Waals surface area contributed by atoms with Crippen LogP contribution in [0.2, 0.25) is 0 Å². The number of anilines is 1. The molecule has 15 heavy (non-hydrogen) atoms. The van der Waals surface area contributed by atoms with Crippen LogP contribution >= 0.6 is 0 Å². The third-order valence-electron chi connectivity index (χ3n) is 3.08. The van der Waals surface area contributed by atoms with Crippen LogP contribution in [0.25, 0.3) is 0 Å². The van der Waals surface area contributed by atoms with Gasteiger partial charge in [0, 0.05) is 31.9 Å². The summed E-state index contributed by atoms with van der Waals surface area (Å²) < 4.78 is 0. The molecule has 0 aromatic heterocycles.